The average molecular weight is 270 g/mol. The summed E-state index contributed by atoms with van der Waals surface area (Å²) < 4.78 is 0. The van der Waals surface area contributed by atoms with Crippen LogP contribution in [0.3, 0.4) is 0 Å². The summed E-state index contributed by atoms with van der Waals surface area (Å²) in [6.07, 6.45) is 3.02. The molecule has 0 radical (unpaired) electrons. The summed E-state index contributed by atoms with van der Waals surface area (Å²) in [4.78, 5) is 23.0. The Hall–Kier alpha value is -1.10. The Labute approximate surface area is 114 Å². The van der Waals surface area contributed by atoms with Crippen molar-refractivity contribution in [2.75, 3.05) is 0 Å². The van der Waals surface area contributed by atoms with Crippen LogP contribution in [0.15, 0.2) is 0 Å². The molecule has 1 rings (SSSR count). The van der Waals surface area contributed by atoms with Gasteiger partial charge in [0.15, 0.2) is 0 Å². The lowest BCUT2D eigenvalue weighted by Gasteiger charge is -2.26. The van der Waals surface area contributed by atoms with Crippen LogP contribution in [0.1, 0.15) is 52.9 Å². The van der Waals surface area contributed by atoms with Gasteiger partial charge < -0.3 is 16.2 Å². The second-order valence-corrected chi connectivity index (χ2v) is 6.84. The highest BCUT2D eigenvalue weighted by molar-refractivity contribution is 5.80. The van der Waals surface area contributed by atoms with Crippen molar-refractivity contribution in [3.8, 4) is 0 Å². The zero-order chi connectivity index (χ0) is 14.6. The van der Waals surface area contributed by atoms with E-state index in [0.29, 0.717) is 12.8 Å². The minimum absolute atomic E-state index is 0.0144. The Bertz CT molecular complexity index is 336. The maximum Gasteiger partial charge on any atom is 0.305 e. The first kappa shape index (κ1) is 16.0. The van der Waals surface area contributed by atoms with Crippen LogP contribution >= 0.6 is 0 Å². The lowest BCUT2D eigenvalue weighted by atomic mass is 9.86. The van der Waals surface area contributed by atoms with Gasteiger partial charge in [0.2, 0.25) is 5.91 Å². The molecule has 5 heteroatoms. The molecule has 0 spiro atoms. The molecule has 19 heavy (non-hydrogen) atoms. The molecule has 0 aromatic rings. The number of carboxylic acid groups (broad SMARTS) is 1. The van der Waals surface area contributed by atoms with Crippen LogP contribution in [-0.4, -0.2) is 29.1 Å². The fourth-order valence-corrected chi connectivity index (χ4v) is 2.70. The van der Waals surface area contributed by atoms with Gasteiger partial charge in [0, 0.05) is 18.0 Å². The minimum Gasteiger partial charge on any atom is -0.481 e. The summed E-state index contributed by atoms with van der Waals surface area (Å²) in [7, 11) is 0. The van der Waals surface area contributed by atoms with E-state index in [4.69, 9.17) is 10.8 Å². The summed E-state index contributed by atoms with van der Waals surface area (Å²) in [5.74, 6) is -0.965. The van der Waals surface area contributed by atoms with Gasteiger partial charge in [-0.25, -0.2) is 0 Å². The van der Waals surface area contributed by atoms with E-state index in [2.05, 4.69) is 5.32 Å². The number of carbonyl (C=O) groups excluding carboxylic acids is 1. The normalized spacial score (nSPS) is 25.1. The van der Waals surface area contributed by atoms with Crippen molar-refractivity contribution < 1.29 is 14.7 Å². The van der Waals surface area contributed by atoms with Crippen molar-refractivity contribution in [1.82, 2.24) is 5.32 Å². The van der Waals surface area contributed by atoms with Gasteiger partial charge in [0.25, 0.3) is 0 Å². The maximum atomic E-state index is 12.1. The molecule has 110 valence electrons. The molecule has 0 aromatic heterocycles. The molecule has 1 fully saturated rings. The van der Waals surface area contributed by atoms with Crippen molar-refractivity contribution in [2.24, 2.45) is 17.1 Å². The van der Waals surface area contributed by atoms with Crippen LogP contribution in [0.25, 0.3) is 0 Å². The molecule has 4 N–H and O–H groups in total. The summed E-state index contributed by atoms with van der Waals surface area (Å²) >= 11 is 0. The molecule has 0 bridgehead atoms. The SMILES string of the molecule is CC(C)(C)CC(CC(=O)O)NC(=O)C1CCC(N)C1. The number of amides is 1. The first-order valence-electron chi connectivity index (χ1n) is 6.95. The first-order chi connectivity index (χ1) is 8.67. The monoisotopic (exact) mass is 270 g/mol. The fourth-order valence-electron chi connectivity index (χ4n) is 2.70. The molecule has 5 nitrogen and oxygen atoms in total. The lowest BCUT2D eigenvalue weighted by Crippen LogP contribution is -2.41. The molecule has 1 aliphatic carbocycles. The topological polar surface area (TPSA) is 92.4 Å². The number of rotatable bonds is 5. The highest BCUT2D eigenvalue weighted by Crippen LogP contribution is 2.26. The largest absolute Gasteiger partial charge is 0.481 e. The molecule has 0 aromatic carbocycles. The predicted molar refractivity (Wildman–Crippen MR) is 73.6 cm³/mol. The number of hydrogen-bond acceptors (Lipinski definition) is 3. The molecular weight excluding hydrogens is 244 g/mol. The molecule has 0 aliphatic heterocycles. The Morgan fingerprint density at radius 3 is 2.42 bits per heavy atom. The van der Waals surface area contributed by atoms with Gasteiger partial charge >= 0.3 is 5.97 Å². The van der Waals surface area contributed by atoms with Crippen LogP contribution in [-0.2, 0) is 9.59 Å². The molecule has 0 saturated heterocycles. The molecular formula is C14H26N2O3. The van der Waals surface area contributed by atoms with Gasteiger partial charge in [-0.2, -0.15) is 0 Å². The van der Waals surface area contributed by atoms with E-state index in [9.17, 15) is 9.59 Å². The van der Waals surface area contributed by atoms with Crippen LogP contribution in [0, 0.1) is 11.3 Å². The molecule has 3 atom stereocenters. The Balaban J connectivity index is 2.56. The highest BCUT2D eigenvalue weighted by atomic mass is 16.4. The third-order valence-electron chi connectivity index (χ3n) is 3.47. The third kappa shape index (κ3) is 6.05. The zero-order valence-corrected chi connectivity index (χ0v) is 12.1. The number of nitrogens with one attached hydrogen (secondary N) is 1. The smallest absolute Gasteiger partial charge is 0.305 e. The van der Waals surface area contributed by atoms with Crippen molar-refractivity contribution in [3.05, 3.63) is 0 Å². The van der Waals surface area contributed by atoms with E-state index < -0.39 is 5.97 Å². The van der Waals surface area contributed by atoms with E-state index >= 15 is 0 Å². The van der Waals surface area contributed by atoms with Gasteiger partial charge in [0.05, 0.1) is 6.42 Å². The van der Waals surface area contributed by atoms with Gasteiger partial charge in [-0.1, -0.05) is 20.8 Å². The molecule has 1 saturated carbocycles. The first-order valence-corrected chi connectivity index (χ1v) is 6.95. The molecule has 3 unspecified atom stereocenters. The zero-order valence-electron chi connectivity index (χ0n) is 12.1. The van der Waals surface area contributed by atoms with Crippen molar-refractivity contribution in [1.29, 1.82) is 0 Å². The quantitative estimate of drug-likeness (QED) is 0.706. The molecule has 1 aliphatic rings. The van der Waals surface area contributed by atoms with E-state index in [-0.39, 0.29) is 35.7 Å². The number of nitrogens with two attached hydrogens (primary N) is 1. The summed E-state index contributed by atoms with van der Waals surface area (Å²) in [5.41, 5.74) is 5.79. The number of carbonyl (C=O) groups is 2. The van der Waals surface area contributed by atoms with E-state index in [1.165, 1.54) is 0 Å². The fraction of sp³-hybridized carbons (Fsp3) is 0.857. The number of aliphatic carboxylic acids is 1. The van der Waals surface area contributed by atoms with Crippen LogP contribution < -0.4 is 11.1 Å². The highest BCUT2D eigenvalue weighted by Gasteiger charge is 2.30. The second-order valence-electron chi connectivity index (χ2n) is 6.84. The van der Waals surface area contributed by atoms with Gasteiger partial charge in [-0.15, -0.1) is 0 Å². The second kappa shape index (κ2) is 6.37. The van der Waals surface area contributed by atoms with Crippen molar-refractivity contribution in [2.45, 2.75) is 65.0 Å². The van der Waals surface area contributed by atoms with Gasteiger partial charge in [0.1, 0.15) is 0 Å². The minimum atomic E-state index is -0.877. The molecule has 0 heterocycles. The van der Waals surface area contributed by atoms with E-state index in [1.54, 1.807) is 0 Å². The van der Waals surface area contributed by atoms with E-state index in [1.807, 2.05) is 20.8 Å². The molecule has 1 amide bonds. The van der Waals surface area contributed by atoms with Crippen molar-refractivity contribution in [3.63, 3.8) is 0 Å². The third-order valence-corrected chi connectivity index (χ3v) is 3.47. The Morgan fingerprint density at radius 2 is 2.00 bits per heavy atom. The summed E-state index contributed by atoms with van der Waals surface area (Å²) in [6.45, 7) is 6.12. The standard InChI is InChI=1S/C14H26N2O3/c1-14(2,3)8-11(7-12(17)18)16-13(19)9-4-5-10(15)6-9/h9-11H,4-8,15H2,1-3H3,(H,16,19)(H,17,18). The van der Waals surface area contributed by atoms with Gasteiger partial charge in [-0.05, 0) is 31.1 Å². The van der Waals surface area contributed by atoms with Gasteiger partial charge in [-0.3, -0.25) is 9.59 Å². The number of hydrogen-bond donors (Lipinski definition) is 3. The Kier molecular flexibility index (Phi) is 5.35. The summed E-state index contributed by atoms with van der Waals surface area (Å²) in [5, 5.41) is 11.8. The maximum absolute atomic E-state index is 12.1. The van der Waals surface area contributed by atoms with Crippen LogP contribution in [0.4, 0.5) is 0 Å². The summed E-state index contributed by atoms with van der Waals surface area (Å²) in [6, 6.07) is -0.196. The van der Waals surface area contributed by atoms with E-state index in [0.717, 1.165) is 12.8 Å². The predicted octanol–water partition coefficient (Wildman–Crippen LogP) is 1.51. The van der Waals surface area contributed by atoms with Crippen molar-refractivity contribution >= 4 is 11.9 Å². The Morgan fingerprint density at radius 1 is 1.37 bits per heavy atom. The number of carboxylic acids is 1. The average Bonchev–Trinajstić information content (AvgIpc) is 2.60. The lowest BCUT2D eigenvalue weighted by molar-refractivity contribution is -0.138. The van der Waals surface area contributed by atoms with Crippen LogP contribution in [0.5, 0.6) is 0 Å². The van der Waals surface area contributed by atoms with Crippen LogP contribution in [0.2, 0.25) is 0 Å².